The molecule has 106 valence electrons. The predicted molar refractivity (Wildman–Crippen MR) is 86.9 cm³/mol. The van der Waals surface area contributed by atoms with Crippen molar-refractivity contribution in [3.05, 3.63) is 44.3 Å². The molecule has 0 amide bonds. The molecular weight excluding hydrogens is 358 g/mol. The Kier molecular flexibility index (Phi) is 5.23. The van der Waals surface area contributed by atoms with Gasteiger partial charge in [-0.2, -0.15) is 0 Å². The van der Waals surface area contributed by atoms with Gasteiger partial charge in [-0.1, -0.05) is 29.8 Å². The number of aromatic carboxylic acids is 1. The number of thioether (sulfide) groups is 1. The molecule has 1 aromatic carbocycles. The third-order valence-electron chi connectivity index (χ3n) is 2.61. The summed E-state index contributed by atoms with van der Waals surface area (Å²) in [5, 5.41) is 12.3. The van der Waals surface area contributed by atoms with Crippen LogP contribution in [0.2, 0.25) is 0 Å². The number of hydrogen-bond donors (Lipinski definition) is 1. The molecular formula is C14H14BrNO2S2. The fourth-order valence-electron chi connectivity index (χ4n) is 1.60. The van der Waals surface area contributed by atoms with Crippen LogP contribution >= 0.6 is 39.0 Å². The van der Waals surface area contributed by atoms with Crippen molar-refractivity contribution < 1.29 is 9.90 Å². The molecule has 1 aromatic heterocycles. The lowest BCUT2D eigenvalue weighted by molar-refractivity contribution is 0.0693. The quantitative estimate of drug-likeness (QED) is 0.749. The molecule has 0 unspecified atom stereocenters. The van der Waals surface area contributed by atoms with E-state index >= 15 is 0 Å². The Bertz CT molecular complexity index is 625. The molecule has 2 aromatic rings. The van der Waals surface area contributed by atoms with Crippen LogP contribution in [0, 0.1) is 0 Å². The first-order chi connectivity index (χ1) is 9.47. The second-order valence-electron chi connectivity index (χ2n) is 4.57. The van der Waals surface area contributed by atoms with Crippen molar-refractivity contribution in [2.45, 2.75) is 30.4 Å². The number of halogens is 1. The number of aromatic nitrogens is 1. The van der Waals surface area contributed by atoms with E-state index in [0.29, 0.717) is 17.2 Å². The standard InChI is InChI=1S/C14H14BrNO2S2/c1-8(2)13-16-10(7-20-13)6-19-12-5-9(15)3-4-11(12)14(17)18/h3-5,7-8H,6H2,1-2H3,(H,17,18). The normalized spacial score (nSPS) is 11.0. The molecule has 6 heteroatoms. The van der Waals surface area contributed by atoms with Crippen molar-refractivity contribution in [3.8, 4) is 0 Å². The van der Waals surface area contributed by atoms with Crippen molar-refractivity contribution in [2.24, 2.45) is 0 Å². The minimum atomic E-state index is -0.902. The molecule has 1 N–H and O–H groups in total. The minimum Gasteiger partial charge on any atom is -0.478 e. The zero-order chi connectivity index (χ0) is 14.7. The Morgan fingerprint density at radius 1 is 1.50 bits per heavy atom. The first-order valence-corrected chi connectivity index (χ1v) is 8.73. The summed E-state index contributed by atoms with van der Waals surface area (Å²) in [5.41, 5.74) is 1.33. The smallest absolute Gasteiger partial charge is 0.336 e. The highest BCUT2D eigenvalue weighted by Crippen LogP contribution is 2.30. The van der Waals surface area contributed by atoms with Crippen molar-refractivity contribution in [1.82, 2.24) is 4.98 Å². The van der Waals surface area contributed by atoms with E-state index in [2.05, 4.69) is 34.8 Å². The van der Waals surface area contributed by atoms with E-state index in [9.17, 15) is 9.90 Å². The predicted octanol–water partition coefficient (Wildman–Crippen LogP) is 5.02. The van der Waals surface area contributed by atoms with E-state index in [4.69, 9.17) is 0 Å². The van der Waals surface area contributed by atoms with Crippen molar-refractivity contribution in [2.75, 3.05) is 0 Å². The van der Waals surface area contributed by atoms with Gasteiger partial charge < -0.3 is 5.11 Å². The zero-order valence-corrected chi connectivity index (χ0v) is 14.3. The zero-order valence-electron chi connectivity index (χ0n) is 11.1. The van der Waals surface area contributed by atoms with Gasteiger partial charge >= 0.3 is 5.97 Å². The molecule has 0 radical (unpaired) electrons. The minimum absolute atomic E-state index is 0.331. The summed E-state index contributed by atoms with van der Waals surface area (Å²) >= 11 is 6.53. The number of hydrogen-bond acceptors (Lipinski definition) is 4. The lowest BCUT2D eigenvalue weighted by Gasteiger charge is -2.05. The summed E-state index contributed by atoms with van der Waals surface area (Å²) in [7, 11) is 0. The van der Waals surface area contributed by atoms with Gasteiger partial charge in [-0.25, -0.2) is 9.78 Å². The second-order valence-corrected chi connectivity index (χ2v) is 7.39. The number of thiazole rings is 1. The van der Waals surface area contributed by atoms with Gasteiger partial charge in [0.25, 0.3) is 0 Å². The van der Waals surface area contributed by atoms with Crippen LogP contribution in [0.1, 0.15) is 40.8 Å². The number of benzene rings is 1. The van der Waals surface area contributed by atoms with Gasteiger partial charge in [-0.05, 0) is 18.2 Å². The summed E-state index contributed by atoms with van der Waals surface area (Å²) < 4.78 is 0.881. The lowest BCUT2D eigenvalue weighted by atomic mass is 10.2. The molecule has 0 aliphatic rings. The Balaban J connectivity index is 2.13. The topological polar surface area (TPSA) is 50.2 Å². The fourth-order valence-corrected chi connectivity index (χ4v) is 4.02. The summed E-state index contributed by atoms with van der Waals surface area (Å²) in [6, 6.07) is 5.20. The average molecular weight is 372 g/mol. The molecule has 0 spiro atoms. The van der Waals surface area contributed by atoms with E-state index in [0.717, 1.165) is 20.1 Å². The third kappa shape index (κ3) is 3.84. The molecule has 0 bridgehead atoms. The van der Waals surface area contributed by atoms with Crippen LogP contribution in [0.4, 0.5) is 0 Å². The summed E-state index contributed by atoms with van der Waals surface area (Å²) in [6.07, 6.45) is 0. The highest BCUT2D eigenvalue weighted by atomic mass is 79.9. The van der Waals surface area contributed by atoms with Crippen molar-refractivity contribution >= 4 is 45.0 Å². The van der Waals surface area contributed by atoms with E-state index in [1.807, 2.05) is 11.4 Å². The maximum absolute atomic E-state index is 11.2. The van der Waals surface area contributed by atoms with Crippen LogP contribution in [0.3, 0.4) is 0 Å². The van der Waals surface area contributed by atoms with Gasteiger partial charge in [0.1, 0.15) is 0 Å². The van der Waals surface area contributed by atoms with Crippen LogP contribution < -0.4 is 0 Å². The van der Waals surface area contributed by atoms with Gasteiger partial charge in [-0.15, -0.1) is 23.1 Å². The average Bonchev–Trinajstić information content (AvgIpc) is 2.85. The van der Waals surface area contributed by atoms with Gasteiger partial charge in [0.2, 0.25) is 0 Å². The molecule has 20 heavy (non-hydrogen) atoms. The van der Waals surface area contributed by atoms with Crippen molar-refractivity contribution in [3.63, 3.8) is 0 Å². The number of carboxylic acid groups (broad SMARTS) is 1. The first kappa shape index (κ1) is 15.5. The van der Waals surface area contributed by atoms with E-state index in [1.54, 1.807) is 23.5 Å². The SMILES string of the molecule is CC(C)c1nc(CSc2cc(Br)ccc2C(=O)O)cs1. The summed E-state index contributed by atoms with van der Waals surface area (Å²) in [5.74, 6) is 0.209. The lowest BCUT2D eigenvalue weighted by Crippen LogP contribution is -1.98. The van der Waals surface area contributed by atoms with Crippen LogP contribution in [-0.4, -0.2) is 16.1 Å². The van der Waals surface area contributed by atoms with E-state index in [1.165, 1.54) is 11.8 Å². The van der Waals surface area contributed by atoms with Crippen LogP contribution in [0.25, 0.3) is 0 Å². The van der Waals surface area contributed by atoms with Gasteiger partial charge in [-0.3, -0.25) is 0 Å². The van der Waals surface area contributed by atoms with Gasteiger partial charge in [0.15, 0.2) is 0 Å². The molecule has 3 nitrogen and oxygen atoms in total. The maximum Gasteiger partial charge on any atom is 0.336 e. The van der Waals surface area contributed by atoms with Crippen molar-refractivity contribution in [1.29, 1.82) is 0 Å². The number of nitrogens with zero attached hydrogens (tertiary/aromatic N) is 1. The Morgan fingerprint density at radius 2 is 2.25 bits per heavy atom. The largest absolute Gasteiger partial charge is 0.478 e. The Hall–Kier alpha value is -0.850. The monoisotopic (exact) mass is 371 g/mol. The van der Waals surface area contributed by atoms with Crippen LogP contribution in [-0.2, 0) is 5.75 Å². The van der Waals surface area contributed by atoms with Gasteiger partial charge in [0.05, 0.1) is 16.3 Å². The second kappa shape index (κ2) is 6.74. The fraction of sp³-hybridized carbons (Fsp3) is 0.286. The highest BCUT2D eigenvalue weighted by Gasteiger charge is 2.12. The number of carbonyl (C=O) groups is 1. The molecule has 1 heterocycles. The molecule has 0 aliphatic carbocycles. The molecule has 0 saturated carbocycles. The molecule has 0 aliphatic heterocycles. The number of rotatable bonds is 5. The Morgan fingerprint density at radius 3 is 2.85 bits per heavy atom. The van der Waals surface area contributed by atoms with E-state index < -0.39 is 5.97 Å². The maximum atomic E-state index is 11.2. The van der Waals surface area contributed by atoms with E-state index in [-0.39, 0.29) is 0 Å². The first-order valence-electron chi connectivity index (χ1n) is 6.07. The highest BCUT2D eigenvalue weighted by molar-refractivity contribution is 9.10. The van der Waals surface area contributed by atoms with Crippen LogP contribution in [0.5, 0.6) is 0 Å². The summed E-state index contributed by atoms with van der Waals surface area (Å²) in [6.45, 7) is 4.24. The molecule has 0 saturated heterocycles. The van der Waals surface area contributed by atoms with Gasteiger partial charge in [0, 0.05) is 26.4 Å². The molecule has 2 rings (SSSR count). The molecule has 0 atom stereocenters. The molecule has 0 fully saturated rings. The number of carboxylic acids is 1. The Labute approximate surface area is 134 Å². The third-order valence-corrected chi connectivity index (χ3v) is 5.39. The van der Waals surface area contributed by atoms with Crippen LogP contribution in [0.15, 0.2) is 32.9 Å². The summed E-state index contributed by atoms with van der Waals surface area (Å²) in [4.78, 5) is 16.5.